The van der Waals surface area contributed by atoms with Crippen LogP contribution < -0.4 is 10.6 Å². The molecule has 3 aliphatic heterocycles. The minimum atomic E-state index is -0.367. The summed E-state index contributed by atoms with van der Waals surface area (Å²) in [7, 11) is 0. The highest BCUT2D eigenvalue weighted by atomic mass is 16.2. The highest BCUT2D eigenvalue weighted by Gasteiger charge is 2.40. The number of urea groups is 1. The summed E-state index contributed by atoms with van der Waals surface area (Å²) in [5.74, 6) is 0.0345. The number of aryl methyl sites for hydroxylation is 1. The van der Waals surface area contributed by atoms with Gasteiger partial charge in [-0.25, -0.2) is 4.79 Å². The standard InChI is InChI=1S/C19H24N4O2/c1-13-4-6-14(7-5-13)17-16-15(20-19(25)21-17)12-23(18(16)24)11-10-22-8-2-3-9-22/h4-7,17H,2-3,8-12H2,1H3,(H2,20,21,25)/t17-/m1/s1. The predicted molar refractivity (Wildman–Crippen MR) is 94.9 cm³/mol. The van der Waals surface area contributed by atoms with Gasteiger partial charge in [-0.2, -0.15) is 0 Å². The minimum absolute atomic E-state index is 0.0345. The summed E-state index contributed by atoms with van der Waals surface area (Å²) < 4.78 is 0. The van der Waals surface area contributed by atoms with E-state index in [2.05, 4.69) is 15.5 Å². The van der Waals surface area contributed by atoms with Crippen LogP contribution in [0.5, 0.6) is 0 Å². The van der Waals surface area contributed by atoms with Crippen LogP contribution in [-0.2, 0) is 4.79 Å². The molecule has 1 aromatic rings. The maximum atomic E-state index is 13.0. The Kier molecular flexibility index (Phi) is 4.21. The molecule has 25 heavy (non-hydrogen) atoms. The molecule has 1 saturated heterocycles. The number of likely N-dealkylation sites (tertiary alicyclic amines) is 1. The molecule has 0 aliphatic carbocycles. The first-order valence-corrected chi connectivity index (χ1v) is 9.00. The molecule has 0 spiro atoms. The first-order chi connectivity index (χ1) is 12.1. The van der Waals surface area contributed by atoms with E-state index >= 15 is 0 Å². The molecule has 1 fully saturated rings. The molecule has 1 atom stereocenters. The average molecular weight is 340 g/mol. The van der Waals surface area contributed by atoms with Crippen molar-refractivity contribution in [2.45, 2.75) is 25.8 Å². The fourth-order valence-electron chi connectivity index (χ4n) is 3.89. The van der Waals surface area contributed by atoms with E-state index in [-0.39, 0.29) is 18.0 Å². The molecule has 0 radical (unpaired) electrons. The second kappa shape index (κ2) is 6.52. The summed E-state index contributed by atoms with van der Waals surface area (Å²) in [4.78, 5) is 29.3. The van der Waals surface area contributed by atoms with Crippen molar-refractivity contribution in [1.29, 1.82) is 0 Å². The van der Waals surface area contributed by atoms with E-state index < -0.39 is 0 Å². The van der Waals surface area contributed by atoms with Crippen molar-refractivity contribution in [2.24, 2.45) is 0 Å². The zero-order valence-corrected chi connectivity index (χ0v) is 14.5. The zero-order valence-electron chi connectivity index (χ0n) is 14.5. The molecule has 132 valence electrons. The lowest BCUT2D eigenvalue weighted by Gasteiger charge is -2.25. The molecule has 4 rings (SSSR count). The van der Waals surface area contributed by atoms with Gasteiger partial charge < -0.3 is 20.4 Å². The number of carbonyl (C=O) groups excluding carboxylic acids is 2. The maximum Gasteiger partial charge on any atom is 0.319 e. The van der Waals surface area contributed by atoms with Gasteiger partial charge in [0.25, 0.3) is 5.91 Å². The van der Waals surface area contributed by atoms with Crippen LogP contribution in [0.3, 0.4) is 0 Å². The molecule has 1 aromatic carbocycles. The van der Waals surface area contributed by atoms with Gasteiger partial charge in [0.05, 0.1) is 23.9 Å². The zero-order chi connectivity index (χ0) is 17.4. The van der Waals surface area contributed by atoms with Crippen molar-refractivity contribution in [3.8, 4) is 0 Å². The largest absolute Gasteiger partial charge is 0.332 e. The van der Waals surface area contributed by atoms with Gasteiger partial charge in [0.15, 0.2) is 0 Å². The number of carbonyl (C=O) groups is 2. The molecule has 6 nitrogen and oxygen atoms in total. The number of rotatable bonds is 4. The molecule has 0 unspecified atom stereocenters. The Bertz CT molecular complexity index is 719. The topological polar surface area (TPSA) is 64.7 Å². The Morgan fingerprint density at radius 3 is 2.52 bits per heavy atom. The Morgan fingerprint density at radius 2 is 1.80 bits per heavy atom. The molecule has 3 aliphatic rings. The Morgan fingerprint density at radius 1 is 1.08 bits per heavy atom. The second-order valence-electron chi connectivity index (χ2n) is 7.11. The fraction of sp³-hybridized carbons (Fsp3) is 0.474. The lowest BCUT2D eigenvalue weighted by atomic mass is 9.95. The molecule has 3 heterocycles. The first-order valence-electron chi connectivity index (χ1n) is 9.00. The van der Waals surface area contributed by atoms with Gasteiger partial charge in [-0.15, -0.1) is 0 Å². The lowest BCUT2D eigenvalue weighted by molar-refractivity contribution is -0.125. The number of amides is 3. The summed E-state index contributed by atoms with van der Waals surface area (Å²) >= 11 is 0. The summed E-state index contributed by atoms with van der Waals surface area (Å²) in [6.07, 6.45) is 2.50. The van der Waals surface area contributed by atoms with Crippen LogP contribution in [0.1, 0.15) is 30.0 Å². The fourth-order valence-corrected chi connectivity index (χ4v) is 3.89. The number of nitrogens with one attached hydrogen (secondary N) is 2. The Balaban J connectivity index is 1.52. The van der Waals surface area contributed by atoms with Gasteiger partial charge in [-0.3, -0.25) is 4.79 Å². The summed E-state index contributed by atoms with van der Waals surface area (Å²) in [6.45, 7) is 6.39. The van der Waals surface area contributed by atoms with Gasteiger partial charge >= 0.3 is 6.03 Å². The van der Waals surface area contributed by atoms with Crippen LogP contribution >= 0.6 is 0 Å². The third-order valence-corrected chi connectivity index (χ3v) is 5.32. The van der Waals surface area contributed by atoms with Crippen molar-refractivity contribution in [3.63, 3.8) is 0 Å². The molecule has 0 saturated carbocycles. The SMILES string of the molecule is Cc1ccc([C@H]2NC(=O)NC3=C2C(=O)N(CCN2CCCC2)C3)cc1. The molecule has 6 heteroatoms. The summed E-state index contributed by atoms with van der Waals surface area (Å²) in [5, 5.41) is 5.74. The lowest BCUT2D eigenvalue weighted by Crippen LogP contribution is -2.44. The number of nitrogens with zero attached hydrogens (tertiary/aromatic N) is 2. The third kappa shape index (κ3) is 3.14. The minimum Gasteiger partial charge on any atom is -0.332 e. The van der Waals surface area contributed by atoms with Crippen molar-refractivity contribution >= 4 is 11.9 Å². The van der Waals surface area contributed by atoms with E-state index in [0.29, 0.717) is 18.7 Å². The number of benzene rings is 1. The van der Waals surface area contributed by atoms with Gasteiger partial charge in [0, 0.05) is 13.1 Å². The van der Waals surface area contributed by atoms with E-state index in [9.17, 15) is 9.59 Å². The highest BCUT2D eigenvalue weighted by molar-refractivity contribution is 6.01. The van der Waals surface area contributed by atoms with Crippen LogP contribution in [0.25, 0.3) is 0 Å². The van der Waals surface area contributed by atoms with E-state index in [1.54, 1.807) is 0 Å². The van der Waals surface area contributed by atoms with Gasteiger partial charge in [-0.1, -0.05) is 29.8 Å². The predicted octanol–water partition coefficient (Wildman–Crippen LogP) is 1.54. The maximum absolute atomic E-state index is 13.0. The van der Waals surface area contributed by atoms with Gasteiger partial charge in [-0.05, 0) is 38.4 Å². The van der Waals surface area contributed by atoms with Crippen molar-refractivity contribution in [1.82, 2.24) is 20.4 Å². The number of hydrogen-bond donors (Lipinski definition) is 2. The van der Waals surface area contributed by atoms with E-state index in [1.165, 1.54) is 12.8 Å². The van der Waals surface area contributed by atoms with E-state index in [4.69, 9.17) is 0 Å². The molecular formula is C19H24N4O2. The number of hydrogen-bond acceptors (Lipinski definition) is 3. The summed E-state index contributed by atoms with van der Waals surface area (Å²) in [5.41, 5.74) is 3.54. The van der Waals surface area contributed by atoms with Crippen LogP contribution in [0, 0.1) is 6.92 Å². The second-order valence-corrected chi connectivity index (χ2v) is 7.11. The van der Waals surface area contributed by atoms with Gasteiger partial charge in [0.2, 0.25) is 0 Å². The Hall–Kier alpha value is -2.34. The average Bonchev–Trinajstić information content (AvgIpc) is 3.21. The molecule has 0 bridgehead atoms. The smallest absolute Gasteiger partial charge is 0.319 e. The van der Waals surface area contributed by atoms with E-state index in [0.717, 1.165) is 36.5 Å². The van der Waals surface area contributed by atoms with Crippen LogP contribution in [0.4, 0.5) is 4.79 Å². The van der Waals surface area contributed by atoms with Crippen LogP contribution in [0.15, 0.2) is 35.5 Å². The third-order valence-electron chi connectivity index (χ3n) is 5.32. The quantitative estimate of drug-likeness (QED) is 0.874. The van der Waals surface area contributed by atoms with Crippen molar-refractivity contribution in [2.75, 3.05) is 32.7 Å². The molecule has 0 aromatic heterocycles. The highest BCUT2D eigenvalue weighted by Crippen LogP contribution is 2.32. The molecule has 2 N–H and O–H groups in total. The van der Waals surface area contributed by atoms with E-state index in [1.807, 2.05) is 36.1 Å². The van der Waals surface area contributed by atoms with Crippen molar-refractivity contribution in [3.05, 3.63) is 46.7 Å². The summed E-state index contributed by atoms with van der Waals surface area (Å²) in [6, 6.07) is 7.38. The van der Waals surface area contributed by atoms with Gasteiger partial charge in [0.1, 0.15) is 0 Å². The van der Waals surface area contributed by atoms with Crippen LogP contribution in [0.2, 0.25) is 0 Å². The molecular weight excluding hydrogens is 316 g/mol. The first kappa shape index (κ1) is 16.1. The van der Waals surface area contributed by atoms with Crippen molar-refractivity contribution < 1.29 is 9.59 Å². The molecule has 3 amide bonds. The Labute approximate surface area is 147 Å². The monoisotopic (exact) mass is 340 g/mol. The van der Waals surface area contributed by atoms with Crippen LogP contribution in [-0.4, -0.2) is 54.5 Å². The normalized spacial score (nSPS) is 23.7.